The zero-order valence-corrected chi connectivity index (χ0v) is 18.9. The molecule has 5 nitrogen and oxygen atoms in total. The van der Waals surface area contributed by atoms with E-state index < -0.39 is 0 Å². The number of imide groups is 1. The number of hydrogen-bond donors (Lipinski definition) is 0. The fraction of sp³-hybridized carbons (Fsp3) is 0.280. The van der Waals surface area contributed by atoms with Crippen LogP contribution in [0.15, 0.2) is 60.0 Å². The van der Waals surface area contributed by atoms with Gasteiger partial charge in [0.05, 0.1) is 11.4 Å². The second-order valence-corrected chi connectivity index (χ2v) is 8.54. The lowest BCUT2D eigenvalue weighted by atomic mass is 10.0. The van der Waals surface area contributed by atoms with Crippen molar-refractivity contribution in [1.29, 1.82) is 0 Å². The molecule has 0 saturated carbocycles. The number of amides is 2. The van der Waals surface area contributed by atoms with E-state index in [-0.39, 0.29) is 24.3 Å². The maximum atomic E-state index is 12.7. The van der Waals surface area contributed by atoms with Crippen molar-refractivity contribution in [1.82, 2.24) is 4.90 Å². The van der Waals surface area contributed by atoms with Crippen molar-refractivity contribution in [2.75, 3.05) is 19.8 Å². The summed E-state index contributed by atoms with van der Waals surface area (Å²) in [6.45, 7) is 10.7. The highest BCUT2D eigenvalue weighted by atomic mass is 32.2. The number of carbonyl (C=O) groups is 2. The second-order valence-electron chi connectivity index (χ2n) is 7.55. The minimum Gasteiger partial charge on any atom is -0.491 e. The fourth-order valence-electron chi connectivity index (χ4n) is 3.15. The van der Waals surface area contributed by atoms with Gasteiger partial charge in [0.25, 0.3) is 11.1 Å². The van der Waals surface area contributed by atoms with E-state index in [1.165, 1.54) is 4.90 Å². The molecule has 0 spiro atoms. The number of nitrogens with zero attached hydrogens (tertiary/aromatic N) is 1. The highest BCUT2D eigenvalue weighted by Gasteiger charge is 2.34. The molecule has 0 atom stereocenters. The molecule has 162 valence electrons. The van der Waals surface area contributed by atoms with Crippen LogP contribution in [0.3, 0.4) is 0 Å². The Labute approximate surface area is 187 Å². The van der Waals surface area contributed by atoms with Crippen LogP contribution in [0.4, 0.5) is 4.79 Å². The third-order valence-corrected chi connectivity index (χ3v) is 5.69. The molecule has 1 heterocycles. The lowest BCUT2D eigenvalue weighted by Gasteiger charge is -2.17. The molecule has 2 aromatic rings. The smallest absolute Gasteiger partial charge is 0.293 e. The Morgan fingerprint density at radius 1 is 1.10 bits per heavy atom. The van der Waals surface area contributed by atoms with Gasteiger partial charge < -0.3 is 9.47 Å². The van der Waals surface area contributed by atoms with Crippen LogP contribution in [0.25, 0.3) is 6.08 Å². The molecule has 31 heavy (non-hydrogen) atoms. The van der Waals surface area contributed by atoms with E-state index in [1.54, 1.807) is 12.2 Å². The Morgan fingerprint density at radius 3 is 2.52 bits per heavy atom. The van der Waals surface area contributed by atoms with Gasteiger partial charge >= 0.3 is 0 Å². The van der Waals surface area contributed by atoms with E-state index >= 15 is 0 Å². The number of thioether (sulfide) groups is 1. The van der Waals surface area contributed by atoms with Gasteiger partial charge in [-0.25, -0.2) is 0 Å². The number of benzene rings is 2. The summed E-state index contributed by atoms with van der Waals surface area (Å²) in [5.74, 6) is 1.55. The monoisotopic (exact) mass is 437 g/mol. The molecule has 0 radical (unpaired) electrons. The molecule has 0 bridgehead atoms. The molecule has 0 aliphatic carbocycles. The zero-order valence-electron chi connectivity index (χ0n) is 18.1. The van der Waals surface area contributed by atoms with Gasteiger partial charge in [-0.15, -0.1) is 0 Å². The second kappa shape index (κ2) is 10.4. The summed E-state index contributed by atoms with van der Waals surface area (Å²) in [7, 11) is 0. The fourth-order valence-corrected chi connectivity index (χ4v) is 4.02. The number of hydrogen-bond acceptors (Lipinski definition) is 5. The minimum atomic E-state index is -0.293. The summed E-state index contributed by atoms with van der Waals surface area (Å²) in [6.07, 6.45) is 3.40. The number of ether oxygens (including phenoxy) is 2. The van der Waals surface area contributed by atoms with Gasteiger partial charge in [0.15, 0.2) is 0 Å². The van der Waals surface area contributed by atoms with Crippen LogP contribution >= 0.6 is 11.8 Å². The van der Waals surface area contributed by atoms with Crippen LogP contribution in [0.2, 0.25) is 0 Å². The molecule has 6 heteroatoms. The maximum Gasteiger partial charge on any atom is 0.293 e. The molecule has 0 N–H and O–H groups in total. The zero-order chi connectivity index (χ0) is 22.4. The molecular weight excluding hydrogens is 410 g/mol. The Bertz CT molecular complexity index is 995. The van der Waals surface area contributed by atoms with Gasteiger partial charge in [0.1, 0.15) is 24.7 Å². The predicted molar refractivity (Wildman–Crippen MR) is 126 cm³/mol. The lowest BCUT2D eigenvalue weighted by Crippen LogP contribution is -2.32. The van der Waals surface area contributed by atoms with Crippen LogP contribution < -0.4 is 9.47 Å². The first-order valence-corrected chi connectivity index (χ1v) is 11.0. The molecule has 0 aromatic heterocycles. The van der Waals surface area contributed by atoms with E-state index in [2.05, 4.69) is 32.6 Å². The Balaban J connectivity index is 1.62. The van der Waals surface area contributed by atoms with Gasteiger partial charge in [-0.3, -0.25) is 14.5 Å². The lowest BCUT2D eigenvalue weighted by molar-refractivity contribution is -0.123. The van der Waals surface area contributed by atoms with Crippen molar-refractivity contribution in [2.24, 2.45) is 0 Å². The molecule has 1 saturated heterocycles. The largest absolute Gasteiger partial charge is 0.491 e. The predicted octanol–water partition coefficient (Wildman–Crippen LogP) is 5.80. The molecule has 1 aliphatic rings. The van der Waals surface area contributed by atoms with Gasteiger partial charge in [0.2, 0.25) is 0 Å². The average molecular weight is 438 g/mol. The molecule has 1 aliphatic heterocycles. The molecule has 2 aromatic carbocycles. The van der Waals surface area contributed by atoms with Gasteiger partial charge in [-0.2, -0.15) is 0 Å². The minimum absolute atomic E-state index is 0.210. The molecular formula is C25H27NO4S. The van der Waals surface area contributed by atoms with Gasteiger partial charge in [-0.05, 0) is 65.6 Å². The summed E-state index contributed by atoms with van der Waals surface area (Å²) < 4.78 is 11.4. The summed E-state index contributed by atoms with van der Waals surface area (Å²) in [5, 5.41) is -0.279. The van der Waals surface area contributed by atoms with Crippen molar-refractivity contribution < 1.29 is 19.1 Å². The quantitative estimate of drug-likeness (QED) is 0.367. The Hall–Kier alpha value is -2.99. The summed E-state index contributed by atoms with van der Waals surface area (Å²) in [4.78, 5) is 26.7. The van der Waals surface area contributed by atoms with Gasteiger partial charge in [-0.1, -0.05) is 50.8 Å². The summed E-state index contributed by atoms with van der Waals surface area (Å²) in [6, 6.07) is 13.4. The third-order valence-electron chi connectivity index (χ3n) is 4.78. The van der Waals surface area contributed by atoms with Crippen LogP contribution in [-0.4, -0.2) is 35.8 Å². The van der Waals surface area contributed by atoms with Crippen LogP contribution in [-0.2, 0) is 4.79 Å². The standard InChI is InChI=1S/C25H27NO4S/c1-5-13-29-20-9-7-19(8-10-20)16-23-24(27)26(25(28)31-23)12-14-30-22-15-18(4)6-11-21(22)17(2)3/h5-11,15-17H,1,12-14H2,2-4H3/b23-16-. The molecule has 2 amide bonds. The number of aryl methyl sites for hydroxylation is 1. The van der Waals surface area contributed by atoms with E-state index in [0.29, 0.717) is 17.4 Å². The molecule has 3 rings (SSSR count). The van der Waals surface area contributed by atoms with Crippen molar-refractivity contribution in [3.63, 3.8) is 0 Å². The van der Waals surface area contributed by atoms with Crippen LogP contribution in [0.1, 0.15) is 36.5 Å². The summed E-state index contributed by atoms with van der Waals surface area (Å²) >= 11 is 0.950. The Morgan fingerprint density at radius 2 is 1.84 bits per heavy atom. The van der Waals surface area contributed by atoms with E-state index in [1.807, 2.05) is 37.3 Å². The highest BCUT2D eigenvalue weighted by Crippen LogP contribution is 2.33. The van der Waals surface area contributed by atoms with E-state index in [9.17, 15) is 9.59 Å². The molecule has 1 fully saturated rings. The Kier molecular flexibility index (Phi) is 7.58. The highest BCUT2D eigenvalue weighted by molar-refractivity contribution is 8.18. The first kappa shape index (κ1) is 22.7. The first-order chi connectivity index (χ1) is 14.9. The van der Waals surface area contributed by atoms with Crippen molar-refractivity contribution in [3.8, 4) is 11.5 Å². The summed E-state index contributed by atoms with van der Waals surface area (Å²) in [5.41, 5.74) is 3.05. The normalized spacial score (nSPS) is 15.1. The third kappa shape index (κ3) is 5.79. The molecule has 0 unspecified atom stereocenters. The van der Waals surface area contributed by atoms with E-state index in [4.69, 9.17) is 9.47 Å². The van der Waals surface area contributed by atoms with Crippen molar-refractivity contribution in [3.05, 3.63) is 76.7 Å². The van der Waals surface area contributed by atoms with Crippen molar-refractivity contribution >= 4 is 29.0 Å². The van der Waals surface area contributed by atoms with Crippen molar-refractivity contribution in [2.45, 2.75) is 26.7 Å². The van der Waals surface area contributed by atoms with E-state index in [0.717, 1.165) is 40.0 Å². The maximum absolute atomic E-state index is 12.7. The van der Waals surface area contributed by atoms with Gasteiger partial charge in [0, 0.05) is 0 Å². The SMILES string of the molecule is C=CCOc1ccc(/C=C2\SC(=O)N(CCOc3cc(C)ccc3C(C)C)C2=O)cc1. The average Bonchev–Trinajstić information content (AvgIpc) is 3.00. The first-order valence-electron chi connectivity index (χ1n) is 10.2. The van der Waals surface area contributed by atoms with Crippen LogP contribution in [0, 0.1) is 6.92 Å². The number of rotatable bonds is 9. The topological polar surface area (TPSA) is 55.8 Å². The number of carbonyl (C=O) groups excluding carboxylic acids is 2. The van der Waals surface area contributed by atoms with Crippen LogP contribution in [0.5, 0.6) is 11.5 Å².